The van der Waals surface area contributed by atoms with Crippen LogP contribution >= 0.6 is 0 Å². The molecule has 3 heteroatoms. The Bertz CT molecular complexity index is 2550. The summed E-state index contributed by atoms with van der Waals surface area (Å²) >= 11 is 0. The molecule has 0 N–H and O–H groups in total. The number of aryl methyl sites for hydroxylation is 2. The SMILES string of the molecule is Cc1ccc2c(c1)c1cc(C)ccc1n2-c1ccc2cc(-c3cnc4c(ccc5cc(-c6ccccc6)cnc54)c3)ccc2c1. The highest BCUT2D eigenvalue weighted by atomic mass is 15.0. The Morgan fingerprint density at radius 1 is 0.422 bits per heavy atom. The van der Waals surface area contributed by atoms with Gasteiger partial charge in [0.15, 0.2) is 0 Å². The van der Waals surface area contributed by atoms with Gasteiger partial charge in [-0.2, -0.15) is 0 Å². The van der Waals surface area contributed by atoms with E-state index in [1.54, 1.807) is 0 Å². The van der Waals surface area contributed by atoms with Crippen molar-refractivity contribution in [3.05, 3.63) is 151 Å². The normalized spacial score (nSPS) is 11.8. The van der Waals surface area contributed by atoms with Gasteiger partial charge in [-0.3, -0.25) is 9.97 Å². The topological polar surface area (TPSA) is 30.7 Å². The predicted octanol–water partition coefficient (Wildman–Crippen LogP) is 11.0. The molecule has 212 valence electrons. The molecule has 0 saturated heterocycles. The van der Waals surface area contributed by atoms with Crippen molar-refractivity contribution in [3.8, 4) is 27.9 Å². The van der Waals surface area contributed by atoms with E-state index in [0.29, 0.717) is 0 Å². The highest BCUT2D eigenvalue weighted by Crippen LogP contribution is 2.35. The molecule has 3 nitrogen and oxygen atoms in total. The molecule has 3 heterocycles. The number of rotatable bonds is 3. The molecule has 0 atom stereocenters. The van der Waals surface area contributed by atoms with Crippen LogP contribution in [0.25, 0.3) is 82.3 Å². The molecule has 0 unspecified atom stereocenters. The zero-order valence-electron chi connectivity index (χ0n) is 25.1. The van der Waals surface area contributed by atoms with Gasteiger partial charge in [0.2, 0.25) is 0 Å². The second-order valence-electron chi connectivity index (χ2n) is 12.1. The van der Waals surface area contributed by atoms with E-state index in [1.165, 1.54) is 55.0 Å². The van der Waals surface area contributed by atoms with Crippen LogP contribution in [0, 0.1) is 13.8 Å². The lowest BCUT2D eigenvalue weighted by Crippen LogP contribution is -1.94. The van der Waals surface area contributed by atoms with Crippen LogP contribution in [0.2, 0.25) is 0 Å². The Labute approximate surface area is 261 Å². The third-order valence-corrected chi connectivity index (χ3v) is 9.10. The van der Waals surface area contributed by atoms with Crippen molar-refractivity contribution in [1.82, 2.24) is 14.5 Å². The average molecular weight is 576 g/mol. The third-order valence-electron chi connectivity index (χ3n) is 9.10. The maximum atomic E-state index is 4.92. The molecule has 0 fully saturated rings. The number of nitrogens with zero attached hydrogens (tertiary/aromatic N) is 3. The maximum Gasteiger partial charge on any atom is 0.0965 e. The van der Waals surface area contributed by atoms with Gasteiger partial charge in [-0.1, -0.05) is 83.9 Å². The summed E-state index contributed by atoms with van der Waals surface area (Å²) in [6.07, 6.45) is 3.93. The van der Waals surface area contributed by atoms with Gasteiger partial charge in [-0.25, -0.2) is 0 Å². The number of hydrogen-bond donors (Lipinski definition) is 0. The van der Waals surface area contributed by atoms with E-state index in [0.717, 1.165) is 38.5 Å². The number of pyridine rings is 2. The van der Waals surface area contributed by atoms with E-state index >= 15 is 0 Å². The van der Waals surface area contributed by atoms with Crippen LogP contribution in [-0.4, -0.2) is 14.5 Å². The molecular weight excluding hydrogens is 546 g/mol. The molecule has 3 aromatic heterocycles. The number of hydrogen-bond acceptors (Lipinski definition) is 2. The second kappa shape index (κ2) is 9.87. The zero-order chi connectivity index (χ0) is 30.1. The fraction of sp³-hybridized carbons (Fsp3) is 0.0476. The fourth-order valence-electron chi connectivity index (χ4n) is 6.82. The lowest BCUT2D eigenvalue weighted by molar-refractivity contribution is 1.18. The van der Waals surface area contributed by atoms with Crippen molar-refractivity contribution in [2.24, 2.45) is 0 Å². The van der Waals surface area contributed by atoms with Crippen LogP contribution < -0.4 is 0 Å². The molecule has 0 aliphatic rings. The van der Waals surface area contributed by atoms with Gasteiger partial charge in [-0.15, -0.1) is 0 Å². The first-order chi connectivity index (χ1) is 22.1. The highest BCUT2D eigenvalue weighted by Gasteiger charge is 2.14. The molecular formula is C42H29N3. The van der Waals surface area contributed by atoms with E-state index < -0.39 is 0 Å². The molecule has 0 bridgehead atoms. The summed E-state index contributed by atoms with van der Waals surface area (Å²) in [6.45, 7) is 4.33. The first-order valence-corrected chi connectivity index (χ1v) is 15.4. The maximum absolute atomic E-state index is 4.92. The van der Waals surface area contributed by atoms with Gasteiger partial charge in [0, 0.05) is 50.8 Å². The number of aromatic nitrogens is 3. The molecule has 0 aliphatic heterocycles. The van der Waals surface area contributed by atoms with Gasteiger partial charge in [0.25, 0.3) is 0 Å². The van der Waals surface area contributed by atoms with Crippen LogP contribution in [0.1, 0.15) is 11.1 Å². The van der Waals surface area contributed by atoms with Crippen LogP contribution in [0.4, 0.5) is 0 Å². The van der Waals surface area contributed by atoms with Crippen LogP contribution in [0.3, 0.4) is 0 Å². The van der Waals surface area contributed by atoms with E-state index in [9.17, 15) is 0 Å². The number of benzene rings is 6. The lowest BCUT2D eigenvalue weighted by atomic mass is 10.00. The second-order valence-corrected chi connectivity index (χ2v) is 12.1. The molecule has 9 rings (SSSR count). The van der Waals surface area contributed by atoms with E-state index in [4.69, 9.17) is 9.97 Å². The van der Waals surface area contributed by atoms with Crippen LogP contribution in [0.15, 0.2) is 140 Å². The van der Waals surface area contributed by atoms with Gasteiger partial charge in [0.1, 0.15) is 0 Å². The molecule has 0 radical (unpaired) electrons. The van der Waals surface area contributed by atoms with Crippen molar-refractivity contribution >= 4 is 54.4 Å². The third kappa shape index (κ3) is 4.20. The molecule has 45 heavy (non-hydrogen) atoms. The zero-order valence-corrected chi connectivity index (χ0v) is 25.1. The van der Waals surface area contributed by atoms with Crippen molar-refractivity contribution in [1.29, 1.82) is 0 Å². The molecule has 0 aliphatic carbocycles. The van der Waals surface area contributed by atoms with Crippen LogP contribution in [-0.2, 0) is 0 Å². The smallest absolute Gasteiger partial charge is 0.0965 e. The van der Waals surface area contributed by atoms with E-state index in [-0.39, 0.29) is 0 Å². The van der Waals surface area contributed by atoms with Crippen molar-refractivity contribution in [2.45, 2.75) is 13.8 Å². The summed E-state index contributed by atoms with van der Waals surface area (Å²) in [7, 11) is 0. The summed E-state index contributed by atoms with van der Waals surface area (Å²) in [6, 6.07) is 46.1. The molecule has 0 spiro atoms. The molecule has 0 saturated carbocycles. The Hall–Kier alpha value is -5.80. The first-order valence-electron chi connectivity index (χ1n) is 15.4. The molecule has 9 aromatic rings. The minimum absolute atomic E-state index is 0.929. The highest BCUT2D eigenvalue weighted by molar-refractivity contribution is 6.10. The number of fused-ring (bicyclic) bond motifs is 7. The summed E-state index contributed by atoms with van der Waals surface area (Å²) in [5, 5.41) is 7.20. The molecule has 0 amide bonds. The molecule has 6 aromatic carbocycles. The van der Waals surface area contributed by atoms with Gasteiger partial charge in [0.05, 0.1) is 22.1 Å². The standard InChI is InChI=1S/C42H29N3/c1-26-8-16-39-37(18-26)38-19-27(2)9-17-40(38)45(39)36-15-14-29-20-30(10-11-31(29)23-36)35-22-33-13-12-32-21-34(28-6-4-3-5-7-28)24-43-41(32)42(33)44-25-35/h3-25H,1-2H3. The quantitative estimate of drug-likeness (QED) is 0.196. The summed E-state index contributed by atoms with van der Waals surface area (Å²) in [4.78, 5) is 9.76. The lowest BCUT2D eigenvalue weighted by Gasteiger charge is -2.11. The Morgan fingerprint density at radius 2 is 0.956 bits per heavy atom. The van der Waals surface area contributed by atoms with Gasteiger partial charge < -0.3 is 4.57 Å². The summed E-state index contributed by atoms with van der Waals surface area (Å²) < 4.78 is 2.39. The van der Waals surface area contributed by atoms with Crippen molar-refractivity contribution in [3.63, 3.8) is 0 Å². The fourth-order valence-corrected chi connectivity index (χ4v) is 6.82. The minimum Gasteiger partial charge on any atom is -0.309 e. The van der Waals surface area contributed by atoms with Crippen molar-refractivity contribution in [2.75, 3.05) is 0 Å². The predicted molar refractivity (Wildman–Crippen MR) is 189 cm³/mol. The van der Waals surface area contributed by atoms with Gasteiger partial charge in [-0.05, 0) is 90.3 Å². The largest absolute Gasteiger partial charge is 0.309 e. The summed E-state index contributed by atoms with van der Waals surface area (Å²) in [5.74, 6) is 0. The van der Waals surface area contributed by atoms with Crippen LogP contribution in [0.5, 0.6) is 0 Å². The monoisotopic (exact) mass is 575 g/mol. The minimum atomic E-state index is 0.929. The Kier molecular flexibility index (Phi) is 5.63. The Morgan fingerprint density at radius 3 is 1.60 bits per heavy atom. The van der Waals surface area contributed by atoms with E-state index in [1.807, 2.05) is 18.5 Å². The van der Waals surface area contributed by atoms with E-state index in [2.05, 4.69) is 140 Å². The average Bonchev–Trinajstić information content (AvgIpc) is 3.40. The first kappa shape index (κ1) is 25.7. The van der Waals surface area contributed by atoms with Gasteiger partial charge >= 0.3 is 0 Å². The Balaban J connectivity index is 1.11. The summed E-state index contributed by atoms with van der Waals surface area (Å²) in [5.41, 5.74) is 12.6. The van der Waals surface area contributed by atoms with Crippen molar-refractivity contribution < 1.29 is 0 Å².